The molecule has 0 radical (unpaired) electrons. The number of carbonyl (C=O) groups excluding carboxylic acids is 1. The molecule has 2 heterocycles. The molecule has 0 aliphatic carbocycles. The molecule has 1 aliphatic heterocycles. The van der Waals surface area contributed by atoms with E-state index in [1.165, 1.54) is 5.56 Å². The number of rotatable bonds is 8. The van der Waals surface area contributed by atoms with Gasteiger partial charge in [-0.05, 0) is 49.9 Å². The van der Waals surface area contributed by atoms with Gasteiger partial charge in [0.1, 0.15) is 11.6 Å². The lowest BCUT2D eigenvalue weighted by Gasteiger charge is -2.33. The van der Waals surface area contributed by atoms with E-state index < -0.39 is 0 Å². The molecule has 0 saturated carbocycles. The van der Waals surface area contributed by atoms with Gasteiger partial charge in [0.05, 0.1) is 12.5 Å². The van der Waals surface area contributed by atoms with Crippen LogP contribution in [0, 0.1) is 12.8 Å². The highest BCUT2D eigenvalue weighted by Gasteiger charge is 2.26. The van der Waals surface area contributed by atoms with E-state index in [9.17, 15) is 4.79 Å². The summed E-state index contributed by atoms with van der Waals surface area (Å²) in [6.45, 7) is 6.95. The molecule has 172 valence electrons. The average Bonchev–Trinajstić information content (AvgIpc) is 2.87. The number of hydrogen-bond donors (Lipinski definition) is 1. The van der Waals surface area contributed by atoms with Gasteiger partial charge < -0.3 is 15.0 Å². The minimum Gasteiger partial charge on any atom is -0.494 e. The maximum absolute atomic E-state index is 12.9. The van der Waals surface area contributed by atoms with Gasteiger partial charge in [0.15, 0.2) is 5.82 Å². The number of benzene rings is 2. The van der Waals surface area contributed by atoms with Crippen molar-refractivity contribution in [1.82, 2.24) is 15.3 Å². The molecule has 1 fully saturated rings. The highest BCUT2D eigenvalue weighted by molar-refractivity contribution is 5.79. The fourth-order valence-electron chi connectivity index (χ4n) is 4.02. The SMILES string of the molecule is CCCOc1ccc(CNC(=O)C2CCCN(c3ccnc(-c4ccc(C)cc4)n3)C2)cc1. The van der Waals surface area contributed by atoms with Crippen molar-refractivity contribution in [3.05, 3.63) is 71.9 Å². The largest absolute Gasteiger partial charge is 0.494 e. The van der Waals surface area contributed by atoms with E-state index in [0.29, 0.717) is 25.5 Å². The van der Waals surface area contributed by atoms with E-state index >= 15 is 0 Å². The minimum absolute atomic E-state index is 0.0521. The van der Waals surface area contributed by atoms with E-state index in [-0.39, 0.29) is 11.8 Å². The quantitative estimate of drug-likeness (QED) is 0.542. The van der Waals surface area contributed by atoms with E-state index in [2.05, 4.69) is 41.2 Å². The van der Waals surface area contributed by atoms with Crippen molar-refractivity contribution in [1.29, 1.82) is 0 Å². The summed E-state index contributed by atoms with van der Waals surface area (Å²) >= 11 is 0. The Kier molecular flexibility index (Phi) is 7.55. The maximum Gasteiger partial charge on any atom is 0.225 e. The van der Waals surface area contributed by atoms with Crippen LogP contribution in [-0.2, 0) is 11.3 Å². The van der Waals surface area contributed by atoms with Gasteiger partial charge in [0, 0.05) is 31.4 Å². The molecule has 1 saturated heterocycles. The van der Waals surface area contributed by atoms with Gasteiger partial charge in [-0.1, -0.05) is 48.9 Å². The van der Waals surface area contributed by atoms with Crippen LogP contribution in [0.25, 0.3) is 11.4 Å². The third kappa shape index (κ3) is 6.09. The molecule has 1 N–H and O–H groups in total. The Bertz CT molecular complexity index is 1050. The number of aromatic nitrogens is 2. The number of ether oxygens (including phenoxy) is 1. The summed E-state index contributed by atoms with van der Waals surface area (Å²) in [4.78, 5) is 24.3. The predicted octanol–water partition coefficient (Wildman–Crippen LogP) is 4.77. The Morgan fingerprint density at radius 2 is 1.91 bits per heavy atom. The van der Waals surface area contributed by atoms with E-state index in [0.717, 1.165) is 48.5 Å². The summed E-state index contributed by atoms with van der Waals surface area (Å²) in [6.07, 6.45) is 4.64. The second-order valence-corrected chi connectivity index (χ2v) is 8.60. The molecule has 6 heteroatoms. The van der Waals surface area contributed by atoms with Crippen molar-refractivity contribution in [2.75, 3.05) is 24.6 Å². The monoisotopic (exact) mass is 444 g/mol. The van der Waals surface area contributed by atoms with Gasteiger partial charge in [-0.25, -0.2) is 9.97 Å². The first kappa shape index (κ1) is 22.8. The predicted molar refractivity (Wildman–Crippen MR) is 131 cm³/mol. The number of nitrogens with zero attached hydrogens (tertiary/aromatic N) is 3. The normalized spacial score (nSPS) is 15.8. The molecule has 1 atom stereocenters. The number of aryl methyl sites for hydroxylation is 1. The molecule has 4 rings (SSSR count). The minimum atomic E-state index is -0.0521. The zero-order chi connectivity index (χ0) is 23.0. The third-order valence-corrected chi connectivity index (χ3v) is 5.93. The summed E-state index contributed by atoms with van der Waals surface area (Å²) in [7, 11) is 0. The molecule has 33 heavy (non-hydrogen) atoms. The second kappa shape index (κ2) is 10.9. The maximum atomic E-state index is 12.9. The van der Waals surface area contributed by atoms with Gasteiger partial charge in [-0.15, -0.1) is 0 Å². The van der Waals surface area contributed by atoms with Gasteiger partial charge >= 0.3 is 0 Å². The van der Waals surface area contributed by atoms with Gasteiger partial charge in [0.25, 0.3) is 0 Å². The topological polar surface area (TPSA) is 67.3 Å². The van der Waals surface area contributed by atoms with Crippen LogP contribution in [0.4, 0.5) is 5.82 Å². The fraction of sp³-hybridized carbons (Fsp3) is 0.370. The third-order valence-electron chi connectivity index (χ3n) is 5.93. The number of anilines is 1. The molecular weight excluding hydrogens is 412 g/mol. The lowest BCUT2D eigenvalue weighted by molar-refractivity contribution is -0.125. The van der Waals surface area contributed by atoms with Crippen LogP contribution in [0.5, 0.6) is 5.75 Å². The molecule has 1 amide bonds. The number of piperidine rings is 1. The van der Waals surface area contributed by atoms with Crippen molar-refractivity contribution in [3.63, 3.8) is 0 Å². The van der Waals surface area contributed by atoms with Crippen molar-refractivity contribution in [3.8, 4) is 17.1 Å². The Hall–Kier alpha value is -3.41. The highest BCUT2D eigenvalue weighted by atomic mass is 16.5. The van der Waals surface area contributed by atoms with Crippen LogP contribution in [0.3, 0.4) is 0 Å². The number of nitrogens with one attached hydrogen (secondary N) is 1. The zero-order valence-electron chi connectivity index (χ0n) is 19.5. The Morgan fingerprint density at radius 3 is 2.67 bits per heavy atom. The van der Waals surface area contributed by atoms with Crippen LogP contribution in [0.1, 0.15) is 37.3 Å². The molecule has 0 spiro atoms. The average molecular weight is 445 g/mol. The summed E-state index contributed by atoms with van der Waals surface area (Å²) in [5.41, 5.74) is 3.28. The van der Waals surface area contributed by atoms with Gasteiger partial charge in [-0.2, -0.15) is 0 Å². The van der Waals surface area contributed by atoms with Crippen LogP contribution < -0.4 is 15.0 Å². The lowest BCUT2D eigenvalue weighted by Crippen LogP contribution is -2.43. The molecule has 6 nitrogen and oxygen atoms in total. The van der Waals surface area contributed by atoms with Crippen LogP contribution in [-0.4, -0.2) is 35.6 Å². The summed E-state index contributed by atoms with van der Waals surface area (Å²) in [5, 5.41) is 3.11. The van der Waals surface area contributed by atoms with Crippen molar-refractivity contribution in [2.45, 2.75) is 39.7 Å². The molecule has 2 aromatic carbocycles. The molecule has 3 aromatic rings. The Balaban J connectivity index is 1.35. The molecular formula is C27H32N4O2. The molecule has 1 unspecified atom stereocenters. The van der Waals surface area contributed by atoms with Gasteiger partial charge in [0.2, 0.25) is 5.91 Å². The first-order chi connectivity index (χ1) is 16.1. The first-order valence-corrected chi connectivity index (χ1v) is 11.8. The lowest BCUT2D eigenvalue weighted by atomic mass is 9.97. The number of hydrogen-bond acceptors (Lipinski definition) is 5. The Labute approximate surface area is 196 Å². The van der Waals surface area contributed by atoms with Crippen molar-refractivity contribution in [2.24, 2.45) is 5.92 Å². The Morgan fingerprint density at radius 1 is 1.12 bits per heavy atom. The molecule has 1 aromatic heterocycles. The molecule has 1 aliphatic rings. The van der Waals surface area contributed by atoms with Crippen molar-refractivity contribution >= 4 is 11.7 Å². The zero-order valence-corrected chi connectivity index (χ0v) is 19.5. The summed E-state index contributed by atoms with van der Waals surface area (Å²) < 4.78 is 5.62. The van der Waals surface area contributed by atoms with Crippen LogP contribution in [0.2, 0.25) is 0 Å². The second-order valence-electron chi connectivity index (χ2n) is 8.60. The van der Waals surface area contributed by atoms with Crippen molar-refractivity contribution < 1.29 is 9.53 Å². The smallest absolute Gasteiger partial charge is 0.225 e. The van der Waals surface area contributed by atoms with E-state index in [1.54, 1.807) is 6.20 Å². The summed E-state index contributed by atoms with van der Waals surface area (Å²) in [5.74, 6) is 2.50. The standard InChI is InChI=1S/C27H32N4O2/c1-3-17-33-24-12-8-21(9-13-24)18-29-27(32)23-5-4-16-31(19-23)25-14-15-28-26(30-25)22-10-6-20(2)7-11-22/h6-15,23H,3-5,16-19H2,1-2H3,(H,29,32). The van der Waals surface area contributed by atoms with Crippen LogP contribution in [0.15, 0.2) is 60.8 Å². The first-order valence-electron chi connectivity index (χ1n) is 11.8. The van der Waals surface area contributed by atoms with E-state index in [1.807, 2.05) is 42.5 Å². The highest BCUT2D eigenvalue weighted by Crippen LogP contribution is 2.24. The number of carbonyl (C=O) groups is 1. The van der Waals surface area contributed by atoms with E-state index in [4.69, 9.17) is 9.72 Å². The van der Waals surface area contributed by atoms with Crippen LogP contribution >= 0.6 is 0 Å². The summed E-state index contributed by atoms with van der Waals surface area (Å²) in [6, 6.07) is 18.1. The molecule has 0 bridgehead atoms. The fourth-order valence-corrected chi connectivity index (χ4v) is 4.02. The number of amides is 1. The van der Waals surface area contributed by atoms with Gasteiger partial charge in [-0.3, -0.25) is 4.79 Å².